The number of hydrogen-bond acceptors (Lipinski definition) is 8. The lowest BCUT2D eigenvalue weighted by Crippen LogP contribution is -2.38. The van der Waals surface area contributed by atoms with E-state index < -0.39 is 18.0 Å². The molecule has 3 unspecified atom stereocenters. The zero-order chi connectivity index (χ0) is 27.4. The molecule has 1 N–H and O–H groups in total. The topological polar surface area (TPSA) is 111 Å². The number of benzene rings is 1. The van der Waals surface area contributed by atoms with Crippen molar-refractivity contribution in [1.82, 2.24) is 5.32 Å². The van der Waals surface area contributed by atoms with Gasteiger partial charge in [0.2, 0.25) is 0 Å². The largest absolute Gasteiger partial charge is 0.490 e. The monoisotopic (exact) mass is 582 g/mol. The number of carbonyl (C=O) groups is 2. The highest BCUT2D eigenvalue weighted by atomic mass is 79.9. The van der Waals surface area contributed by atoms with E-state index in [1.165, 1.54) is 13.4 Å². The van der Waals surface area contributed by atoms with E-state index in [2.05, 4.69) is 34.2 Å². The Labute approximate surface area is 230 Å². The average Bonchev–Trinajstić information content (AvgIpc) is 3.28. The summed E-state index contributed by atoms with van der Waals surface area (Å²) in [6, 6.07) is 9.47. The van der Waals surface area contributed by atoms with Gasteiger partial charge in [0.1, 0.15) is 11.7 Å². The van der Waals surface area contributed by atoms with Crippen molar-refractivity contribution in [3.05, 3.63) is 68.9 Å². The maximum Gasteiger partial charge on any atom is 0.342 e. The van der Waals surface area contributed by atoms with Crippen LogP contribution in [-0.2, 0) is 9.53 Å². The number of ketones is 1. The van der Waals surface area contributed by atoms with Crippen molar-refractivity contribution in [3.8, 4) is 17.6 Å². The number of ether oxygens (including phenoxy) is 3. The average molecular weight is 583 g/mol. The van der Waals surface area contributed by atoms with Crippen LogP contribution in [0.25, 0.3) is 0 Å². The minimum atomic E-state index is -0.968. The lowest BCUT2D eigenvalue weighted by molar-refractivity contribution is -0.118. The summed E-state index contributed by atoms with van der Waals surface area (Å²) in [6.45, 7) is 6.21. The molecule has 0 spiro atoms. The molecular formula is C29H31BrN2O6. The quantitative estimate of drug-likeness (QED) is 0.338. The van der Waals surface area contributed by atoms with Crippen LogP contribution in [0, 0.1) is 23.2 Å². The molecule has 1 aromatic heterocycles. The number of nitrogens with one attached hydrogen (secondary N) is 1. The van der Waals surface area contributed by atoms with Crippen molar-refractivity contribution in [2.24, 2.45) is 11.8 Å². The van der Waals surface area contributed by atoms with Crippen LogP contribution in [0.3, 0.4) is 0 Å². The minimum absolute atomic E-state index is 0.0312. The number of allylic oxidation sites excluding steroid dienone is 2. The number of nitriles is 1. The summed E-state index contributed by atoms with van der Waals surface area (Å²) in [5, 5.41) is 13.6. The van der Waals surface area contributed by atoms with E-state index in [1.807, 2.05) is 26.0 Å². The summed E-state index contributed by atoms with van der Waals surface area (Å²) in [5.74, 6) is -0.307. The molecule has 9 heteroatoms. The number of nitrogens with zero attached hydrogens (tertiary/aromatic N) is 1. The molecule has 200 valence electrons. The molecule has 2 aliphatic rings. The van der Waals surface area contributed by atoms with Crippen LogP contribution in [-0.4, -0.2) is 25.5 Å². The zero-order valence-electron chi connectivity index (χ0n) is 21.9. The molecule has 0 saturated heterocycles. The molecule has 1 aromatic carbocycles. The number of Topliss-reactive ketones (excluding diaryl/α,β-unsaturated/α-hetero) is 1. The molecule has 0 saturated carbocycles. The molecule has 4 rings (SSSR count). The van der Waals surface area contributed by atoms with E-state index in [0.29, 0.717) is 53.4 Å². The third kappa shape index (κ3) is 5.23. The van der Waals surface area contributed by atoms with Crippen LogP contribution in [0.15, 0.2) is 62.2 Å². The van der Waals surface area contributed by atoms with Crippen LogP contribution in [0.1, 0.15) is 68.5 Å². The van der Waals surface area contributed by atoms with Crippen molar-refractivity contribution >= 4 is 27.7 Å². The van der Waals surface area contributed by atoms with Crippen LogP contribution in [0.2, 0.25) is 0 Å². The zero-order valence-corrected chi connectivity index (χ0v) is 23.5. The van der Waals surface area contributed by atoms with Crippen LogP contribution in [0.4, 0.5) is 0 Å². The Morgan fingerprint density at radius 1 is 1.26 bits per heavy atom. The molecule has 2 aromatic rings. The summed E-state index contributed by atoms with van der Waals surface area (Å²) in [6.07, 6.45) is 3.44. The Hall–Kier alpha value is -3.51. The molecule has 8 nitrogen and oxygen atoms in total. The molecule has 0 bridgehead atoms. The predicted molar refractivity (Wildman–Crippen MR) is 143 cm³/mol. The second-order valence-electron chi connectivity index (χ2n) is 9.38. The number of esters is 1. The molecule has 0 fully saturated rings. The SMILES string of the molecule is CCCC1CC(=O)C2=C(C1)NC(C)=C(C#N)C2C(Oc1ccccc1OCC)c1coc(Br)c1C(=O)OC. The Morgan fingerprint density at radius 3 is 2.66 bits per heavy atom. The van der Waals surface area contributed by atoms with Crippen LogP contribution < -0.4 is 14.8 Å². The second-order valence-corrected chi connectivity index (χ2v) is 10.1. The Balaban J connectivity index is 1.94. The summed E-state index contributed by atoms with van der Waals surface area (Å²) in [5.41, 5.74) is 2.81. The van der Waals surface area contributed by atoms with Gasteiger partial charge in [0.05, 0.1) is 37.5 Å². The highest BCUT2D eigenvalue weighted by Crippen LogP contribution is 2.48. The standard InChI is InChI=1S/C29H31BrN2O6/c1-5-9-17-12-20-26(21(33)13-17)24(18(14-31)16(3)32-20)27(19-15-37-28(30)25(19)29(34)35-4)38-23-11-8-7-10-22(23)36-6-2/h7-8,10-11,15,17,24,27,32H,5-6,9,12-13H2,1-4H3. The van der Waals surface area contributed by atoms with Crippen molar-refractivity contribution in [3.63, 3.8) is 0 Å². The highest BCUT2D eigenvalue weighted by Gasteiger charge is 2.45. The van der Waals surface area contributed by atoms with E-state index >= 15 is 0 Å². The van der Waals surface area contributed by atoms with Gasteiger partial charge in [-0.25, -0.2) is 4.79 Å². The third-order valence-corrected chi connectivity index (χ3v) is 7.53. The lowest BCUT2D eigenvalue weighted by Gasteiger charge is -2.38. The van der Waals surface area contributed by atoms with E-state index in [1.54, 1.807) is 12.1 Å². The van der Waals surface area contributed by atoms with Gasteiger partial charge in [-0.3, -0.25) is 4.79 Å². The Bertz CT molecular complexity index is 1330. The first-order chi connectivity index (χ1) is 18.3. The molecule has 0 amide bonds. The first kappa shape index (κ1) is 27.5. The second kappa shape index (κ2) is 11.9. The van der Waals surface area contributed by atoms with Crippen molar-refractivity contribution in [2.75, 3.05) is 13.7 Å². The lowest BCUT2D eigenvalue weighted by atomic mass is 9.72. The van der Waals surface area contributed by atoms with E-state index in [-0.39, 0.29) is 21.9 Å². The van der Waals surface area contributed by atoms with Gasteiger partial charge in [-0.05, 0) is 60.7 Å². The molecule has 38 heavy (non-hydrogen) atoms. The van der Waals surface area contributed by atoms with Gasteiger partial charge < -0.3 is 23.9 Å². The maximum atomic E-state index is 13.7. The fourth-order valence-electron chi connectivity index (χ4n) is 5.36. The molecule has 1 aliphatic carbocycles. The molecule has 3 atom stereocenters. The minimum Gasteiger partial charge on any atom is -0.490 e. The van der Waals surface area contributed by atoms with E-state index in [4.69, 9.17) is 18.6 Å². The molecule has 1 aliphatic heterocycles. The Kier molecular flexibility index (Phi) is 8.62. The van der Waals surface area contributed by atoms with Crippen molar-refractivity contribution in [2.45, 2.75) is 52.6 Å². The summed E-state index contributed by atoms with van der Waals surface area (Å²) >= 11 is 3.31. The van der Waals surface area contributed by atoms with Crippen molar-refractivity contribution < 1.29 is 28.2 Å². The normalized spacial score (nSPS) is 19.8. The number of hydrogen-bond donors (Lipinski definition) is 1. The number of methoxy groups -OCH3 is 1. The smallest absolute Gasteiger partial charge is 0.342 e. The number of rotatable bonds is 9. The first-order valence-corrected chi connectivity index (χ1v) is 13.5. The fourth-order valence-corrected chi connectivity index (χ4v) is 5.84. The van der Waals surface area contributed by atoms with E-state index in [9.17, 15) is 14.9 Å². The van der Waals surface area contributed by atoms with Gasteiger partial charge in [0.25, 0.3) is 0 Å². The third-order valence-electron chi connectivity index (χ3n) is 6.95. The van der Waals surface area contributed by atoms with Gasteiger partial charge in [-0.15, -0.1) is 0 Å². The van der Waals surface area contributed by atoms with Gasteiger partial charge >= 0.3 is 5.97 Å². The van der Waals surface area contributed by atoms with Gasteiger partial charge in [-0.1, -0.05) is 25.5 Å². The van der Waals surface area contributed by atoms with Crippen LogP contribution in [0.5, 0.6) is 11.5 Å². The molecule has 0 radical (unpaired) electrons. The Morgan fingerprint density at radius 2 is 2.00 bits per heavy atom. The maximum absolute atomic E-state index is 13.7. The summed E-state index contributed by atoms with van der Waals surface area (Å²) in [7, 11) is 1.28. The van der Waals surface area contributed by atoms with Crippen LogP contribution >= 0.6 is 15.9 Å². The number of para-hydroxylation sites is 2. The van der Waals surface area contributed by atoms with Gasteiger partial charge in [0.15, 0.2) is 22.0 Å². The predicted octanol–water partition coefficient (Wildman–Crippen LogP) is 6.40. The van der Waals surface area contributed by atoms with Gasteiger partial charge in [-0.2, -0.15) is 5.26 Å². The van der Waals surface area contributed by atoms with Gasteiger partial charge in [0, 0.05) is 29.0 Å². The highest BCUT2D eigenvalue weighted by molar-refractivity contribution is 9.10. The van der Waals surface area contributed by atoms with Crippen molar-refractivity contribution in [1.29, 1.82) is 5.26 Å². The fraction of sp³-hybridized carbons (Fsp3) is 0.414. The molecule has 2 heterocycles. The summed E-state index contributed by atoms with van der Waals surface area (Å²) < 4.78 is 23.2. The summed E-state index contributed by atoms with van der Waals surface area (Å²) in [4.78, 5) is 26.5. The number of carbonyl (C=O) groups excluding carboxylic acids is 2. The van der Waals surface area contributed by atoms with E-state index in [0.717, 1.165) is 18.5 Å². The number of furan rings is 1. The molecular weight excluding hydrogens is 552 g/mol. The first-order valence-electron chi connectivity index (χ1n) is 12.7. The number of halogens is 1. The number of dihydropyridines is 1.